The van der Waals surface area contributed by atoms with Crippen LogP contribution < -0.4 is 10.2 Å². The smallest absolute Gasteiger partial charge is 0.416 e. The molecule has 1 unspecified atom stereocenters. The number of rotatable bonds is 22. The van der Waals surface area contributed by atoms with Gasteiger partial charge in [0, 0.05) is 118 Å². The summed E-state index contributed by atoms with van der Waals surface area (Å²) in [6, 6.07) is 38.7. The number of halogens is 7. The Hall–Kier alpha value is -8.38. The summed E-state index contributed by atoms with van der Waals surface area (Å²) in [7, 11) is 1.84. The van der Waals surface area contributed by atoms with Gasteiger partial charge >= 0.3 is 18.4 Å². The highest BCUT2D eigenvalue weighted by molar-refractivity contribution is 5.96. The van der Waals surface area contributed by atoms with Gasteiger partial charge in [-0.2, -0.15) is 26.3 Å². The standard InChI is InChI=1S/C74H83F7N8O8/c1-83(41-42-84-36-28-60(29-37-84)89(71(94)95)64-18-10-8-16-62(64)51-13-4-2-5-14-51)66(90)19-6-3-11-33-82-59-26-22-52(23-27-59)68(92)87-35-12-34-86(43-44-87)67(91)50-96-65-47-54-15-7-9-17-63(54)72(65)31-39-85(40-32-72)38-30-61-49-88(70(97-61)53-20-24-58(75)25-21-53)69(93)55-45-56(73(76,77)78)48-57(46-55)74(79,80)81/h2,4-5,7-10,13-18,20-27,45-46,48,60-61,65,70,82H,3,6,11-12,19,28-44,47,49-50H2,1H3,(H,94,95)/t61-,65+,70?/m1/s1. The maximum absolute atomic E-state index is 14.0. The van der Waals surface area contributed by atoms with Gasteiger partial charge in [-0.1, -0.05) is 91.3 Å². The summed E-state index contributed by atoms with van der Waals surface area (Å²) in [4.78, 5) is 80.0. The van der Waals surface area contributed by atoms with E-state index in [4.69, 9.17) is 9.47 Å². The molecular formula is C74H83F7N8O8. The van der Waals surface area contributed by atoms with E-state index < -0.39 is 59.2 Å². The fourth-order valence-electron chi connectivity index (χ4n) is 14.5. The van der Waals surface area contributed by atoms with Crippen LogP contribution in [0.2, 0.25) is 0 Å². The van der Waals surface area contributed by atoms with E-state index in [0.717, 1.165) is 78.3 Å². The van der Waals surface area contributed by atoms with E-state index in [-0.39, 0.29) is 54.5 Å². The highest BCUT2D eigenvalue weighted by Crippen LogP contribution is 2.48. The lowest BCUT2D eigenvalue weighted by Gasteiger charge is -2.44. The second kappa shape index (κ2) is 31.0. The van der Waals surface area contributed by atoms with E-state index in [9.17, 15) is 59.8 Å². The first-order valence-corrected chi connectivity index (χ1v) is 33.6. The molecule has 3 atom stereocenters. The van der Waals surface area contributed by atoms with Crippen molar-refractivity contribution in [1.29, 1.82) is 0 Å². The number of nitrogens with one attached hydrogen (secondary N) is 1. The fraction of sp³-hybridized carbons (Fsp3) is 0.446. The number of benzene rings is 6. The van der Waals surface area contributed by atoms with Crippen molar-refractivity contribution in [3.63, 3.8) is 0 Å². The number of carbonyl (C=O) groups is 5. The minimum Gasteiger partial charge on any atom is -0.465 e. The van der Waals surface area contributed by atoms with Crippen molar-refractivity contribution in [3.05, 3.63) is 190 Å². The summed E-state index contributed by atoms with van der Waals surface area (Å²) in [5, 5.41) is 13.8. The molecule has 11 rings (SSSR count). The topological polar surface area (TPSA) is 159 Å². The van der Waals surface area contributed by atoms with Crippen molar-refractivity contribution in [2.24, 2.45) is 0 Å². The van der Waals surface area contributed by atoms with Crippen LogP contribution in [0.4, 0.5) is 46.9 Å². The van der Waals surface area contributed by atoms with Crippen molar-refractivity contribution < 1.29 is 69.3 Å². The number of hydrogen-bond acceptors (Lipinski definition) is 10. The summed E-state index contributed by atoms with van der Waals surface area (Å²) in [5.74, 6) is -1.84. The van der Waals surface area contributed by atoms with Gasteiger partial charge in [-0.15, -0.1) is 0 Å². The molecule has 4 saturated heterocycles. The molecule has 97 heavy (non-hydrogen) atoms. The van der Waals surface area contributed by atoms with Gasteiger partial charge in [0.15, 0.2) is 6.23 Å². The lowest BCUT2D eigenvalue weighted by atomic mass is 9.72. The first-order chi connectivity index (χ1) is 46.6. The van der Waals surface area contributed by atoms with Crippen LogP contribution in [-0.4, -0.2) is 181 Å². The van der Waals surface area contributed by atoms with Crippen LogP contribution >= 0.6 is 0 Å². The second-order valence-electron chi connectivity index (χ2n) is 26.1. The molecule has 1 aliphatic carbocycles. The number of likely N-dealkylation sites (tertiary alicyclic amines) is 2. The molecular weight excluding hydrogens is 1260 g/mol. The Morgan fingerprint density at radius 1 is 0.680 bits per heavy atom. The van der Waals surface area contributed by atoms with Crippen LogP contribution in [0, 0.1) is 5.82 Å². The zero-order chi connectivity index (χ0) is 68.4. The van der Waals surface area contributed by atoms with Crippen molar-refractivity contribution in [2.45, 2.75) is 113 Å². The molecule has 0 aromatic heterocycles. The van der Waals surface area contributed by atoms with Crippen molar-refractivity contribution in [1.82, 2.24) is 29.4 Å². The number of para-hydroxylation sites is 1. The molecule has 4 fully saturated rings. The van der Waals surface area contributed by atoms with E-state index >= 15 is 0 Å². The third-order valence-electron chi connectivity index (χ3n) is 20.0. The Morgan fingerprint density at radius 3 is 2.03 bits per heavy atom. The molecule has 6 aromatic carbocycles. The molecule has 2 N–H and O–H groups in total. The van der Waals surface area contributed by atoms with Crippen LogP contribution in [0.15, 0.2) is 146 Å². The molecule has 4 heterocycles. The summed E-state index contributed by atoms with van der Waals surface area (Å²) in [6.07, 6.45) is -6.10. The average Bonchev–Trinajstić information content (AvgIpc) is 1.61. The van der Waals surface area contributed by atoms with E-state index in [1.54, 1.807) is 14.7 Å². The highest BCUT2D eigenvalue weighted by Gasteiger charge is 2.50. The van der Waals surface area contributed by atoms with Crippen LogP contribution in [0.1, 0.15) is 119 Å². The van der Waals surface area contributed by atoms with Gasteiger partial charge in [-0.3, -0.25) is 24.1 Å². The van der Waals surface area contributed by atoms with Gasteiger partial charge in [0.05, 0.1) is 35.6 Å². The number of nitrogens with zero attached hydrogens (tertiary/aromatic N) is 7. The minimum atomic E-state index is -5.16. The number of ether oxygens (including phenoxy) is 2. The zero-order valence-electron chi connectivity index (χ0n) is 54.4. The summed E-state index contributed by atoms with van der Waals surface area (Å²) in [5.41, 5.74) is 2.18. The molecule has 0 saturated carbocycles. The molecule has 1 spiro atoms. The maximum atomic E-state index is 14.0. The number of carbonyl (C=O) groups excluding carboxylic acids is 4. The van der Waals surface area contributed by atoms with Gasteiger partial charge in [0.25, 0.3) is 11.8 Å². The Morgan fingerprint density at radius 2 is 1.33 bits per heavy atom. The summed E-state index contributed by atoms with van der Waals surface area (Å²) >= 11 is 0. The highest BCUT2D eigenvalue weighted by atomic mass is 19.4. The lowest BCUT2D eigenvalue weighted by molar-refractivity contribution is -0.143. The van der Waals surface area contributed by atoms with Crippen LogP contribution in [0.25, 0.3) is 11.1 Å². The van der Waals surface area contributed by atoms with Gasteiger partial charge in [0.2, 0.25) is 11.8 Å². The third kappa shape index (κ3) is 17.0. The van der Waals surface area contributed by atoms with Gasteiger partial charge in [-0.25, -0.2) is 9.18 Å². The maximum Gasteiger partial charge on any atom is 0.416 e. The Labute approximate surface area is 560 Å². The lowest BCUT2D eigenvalue weighted by Crippen LogP contribution is -2.49. The van der Waals surface area contributed by atoms with Crippen LogP contribution in [-0.2, 0) is 43.3 Å². The number of hydrogen-bond donors (Lipinski definition) is 2. The normalized spacial score (nSPS) is 19.4. The Kier molecular flexibility index (Phi) is 22.4. The molecule has 23 heteroatoms. The van der Waals surface area contributed by atoms with E-state index in [1.165, 1.54) is 22.6 Å². The van der Waals surface area contributed by atoms with Crippen molar-refractivity contribution >= 4 is 41.1 Å². The monoisotopic (exact) mass is 1340 g/mol. The number of likely N-dealkylation sites (N-methyl/N-ethyl adjacent to an activating group) is 1. The predicted molar refractivity (Wildman–Crippen MR) is 353 cm³/mol. The zero-order valence-corrected chi connectivity index (χ0v) is 54.4. The largest absolute Gasteiger partial charge is 0.465 e. The Balaban J connectivity index is 0.588. The van der Waals surface area contributed by atoms with E-state index in [1.807, 2.05) is 98.0 Å². The molecule has 516 valence electrons. The second-order valence-corrected chi connectivity index (χ2v) is 26.1. The number of amides is 5. The molecule has 5 aliphatic rings. The average molecular weight is 1350 g/mol. The molecule has 16 nitrogen and oxygen atoms in total. The van der Waals surface area contributed by atoms with E-state index in [2.05, 4.69) is 27.2 Å². The fourth-order valence-corrected chi connectivity index (χ4v) is 14.5. The van der Waals surface area contributed by atoms with Crippen molar-refractivity contribution in [2.75, 3.05) is 109 Å². The number of carboxylic acid groups (broad SMARTS) is 1. The number of fused-ring (bicyclic) bond motifs is 2. The Bertz CT molecular complexity index is 3660. The van der Waals surface area contributed by atoms with Gasteiger partial charge in [0.1, 0.15) is 12.4 Å². The molecule has 6 aromatic rings. The van der Waals surface area contributed by atoms with Crippen LogP contribution in [0.3, 0.4) is 0 Å². The first kappa shape index (κ1) is 70.0. The quantitative estimate of drug-likeness (QED) is 0.0492. The number of alkyl halides is 6. The summed E-state index contributed by atoms with van der Waals surface area (Å²) in [6.45, 7) is 6.71. The molecule has 0 radical (unpaired) electrons. The SMILES string of the molecule is CN(CCN1CCC(N(C(=O)O)c2ccccc2-c2ccccc2)CC1)C(=O)CCCCCNc1ccc(C(=O)N2CCCN(C(=O)CO[C@H]3Cc4ccccc4C34CCN(CC[C@@H]3CN(C(=O)c5cc(C(F)(F)F)cc(C(F)(F)F)c5)C(c5ccc(F)cc5)O3)CC4)CC2)cc1. The predicted octanol–water partition coefficient (Wildman–Crippen LogP) is 12.9. The first-order valence-electron chi connectivity index (χ1n) is 33.6. The van der Waals surface area contributed by atoms with Crippen molar-refractivity contribution in [3.8, 4) is 11.1 Å². The third-order valence-corrected chi connectivity index (χ3v) is 20.0. The van der Waals surface area contributed by atoms with Crippen LogP contribution in [0.5, 0.6) is 0 Å². The van der Waals surface area contributed by atoms with Gasteiger partial charge in [-0.05, 0) is 148 Å². The molecule has 0 bridgehead atoms. The number of piperidine rings is 2. The minimum absolute atomic E-state index is 0.0302. The number of anilines is 2. The summed E-state index contributed by atoms with van der Waals surface area (Å²) < 4.78 is 110. The molecule has 5 amide bonds. The number of unbranched alkanes of at least 4 members (excludes halogenated alkanes) is 2. The van der Waals surface area contributed by atoms with E-state index in [0.29, 0.717) is 139 Å². The molecule has 4 aliphatic heterocycles. The van der Waals surface area contributed by atoms with Gasteiger partial charge < -0.3 is 49.3 Å².